The number of thioether (sulfide) groups is 1. The molecule has 0 N–H and O–H groups in total. The highest BCUT2D eigenvalue weighted by molar-refractivity contribution is 8.11. The third-order valence-electron chi connectivity index (χ3n) is 8.80. The van der Waals surface area contributed by atoms with Crippen molar-refractivity contribution >= 4 is 34.4 Å². The van der Waals surface area contributed by atoms with Crippen molar-refractivity contribution in [2.45, 2.75) is 86.7 Å². The summed E-state index contributed by atoms with van der Waals surface area (Å²) in [6.07, 6.45) is 3.29. The van der Waals surface area contributed by atoms with Crippen molar-refractivity contribution in [3.05, 3.63) is 123 Å². The van der Waals surface area contributed by atoms with Crippen molar-refractivity contribution in [3.8, 4) is 11.1 Å². The number of carbonyl (C=O) groups excluding carboxylic acids is 1. The fraction of sp³-hybridized carbons (Fsp3) is 0.357. The zero-order valence-corrected chi connectivity index (χ0v) is 30.2. The molecule has 0 bridgehead atoms. The summed E-state index contributed by atoms with van der Waals surface area (Å²) in [5, 5.41) is 0. The first kappa shape index (κ1) is 35.1. The van der Waals surface area contributed by atoms with Crippen molar-refractivity contribution in [1.29, 1.82) is 0 Å². The number of rotatable bonds is 9. The fourth-order valence-corrected chi connectivity index (χ4v) is 7.45. The third kappa shape index (κ3) is 7.96. The Balaban J connectivity index is 1.65. The van der Waals surface area contributed by atoms with Gasteiger partial charge in [0.15, 0.2) is 0 Å². The quantitative estimate of drug-likeness (QED) is 0.235. The largest absolute Gasteiger partial charge is 0.444 e. The normalized spacial score (nSPS) is 13.7. The van der Waals surface area contributed by atoms with Crippen LogP contribution in [-0.4, -0.2) is 29.7 Å². The average molecular weight is 634 g/mol. The second-order valence-corrected chi connectivity index (χ2v) is 15.1. The van der Waals surface area contributed by atoms with Crippen molar-refractivity contribution < 1.29 is 9.53 Å². The lowest BCUT2D eigenvalue weighted by atomic mass is 9.82. The molecule has 0 unspecified atom stereocenters. The summed E-state index contributed by atoms with van der Waals surface area (Å²) < 4.78 is 5.67. The zero-order chi connectivity index (χ0) is 33.9. The van der Waals surface area contributed by atoms with Gasteiger partial charge >= 0.3 is 6.09 Å². The highest BCUT2D eigenvalue weighted by Crippen LogP contribution is 2.42. The molecule has 3 aromatic carbocycles. The molecule has 1 amide bonds. The van der Waals surface area contributed by atoms with E-state index in [2.05, 4.69) is 110 Å². The van der Waals surface area contributed by atoms with E-state index in [0.29, 0.717) is 19.0 Å². The molecule has 0 radical (unpaired) electrons. The van der Waals surface area contributed by atoms with Gasteiger partial charge in [0.2, 0.25) is 0 Å². The molecule has 1 heterocycles. The molecular weight excluding hydrogens is 583 g/mol. The SMILES string of the molecule is C=Cc1cc(C)c(CC(=C)c2cccc(-c3cccc(C(=C)SC4=C(C)CCN(C(=O)OC(C)(C)C)C4)c3C)c2C(C)C)c(C)c1. The van der Waals surface area contributed by atoms with E-state index in [4.69, 9.17) is 4.74 Å². The van der Waals surface area contributed by atoms with Crippen LogP contribution in [0.1, 0.15) is 98.4 Å². The number of aryl methyl sites for hydroxylation is 2. The van der Waals surface area contributed by atoms with Gasteiger partial charge in [0.25, 0.3) is 0 Å². The van der Waals surface area contributed by atoms with Crippen LogP contribution in [0.25, 0.3) is 27.7 Å². The minimum atomic E-state index is -0.519. The predicted octanol–water partition coefficient (Wildman–Crippen LogP) is 11.9. The molecular formula is C42H51NO2S. The minimum absolute atomic E-state index is 0.260. The monoisotopic (exact) mass is 633 g/mol. The van der Waals surface area contributed by atoms with Gasteiger partial charge in [-0.25, -0.2) is 4.79 Å². The summed E-state index contributed by atoms with van der Waals surface area (Å²) in [7, 11) is 0. The lowest BCUT2D eigenvalue weighted by Gasteiger charge is -2.32. The molecule has 1 aliphatic heterocycles. The molecule has 242 valence electrons. The lowest BCUT2D eigenvalue weighted by molar-refractivity contribution is 0.0264. The molecule has 3 aromatic rings. The van der Waals surface area contributed by atoms with E-state index in [1.807, 2.05) is 26.8 Å². The van der Waals surface area contributed by atoms with Gasteiger partial charge in [-0.05, 0) is 128 Å². The van der Waals surface area contributed by atoms with Crippen molar-refractivity contribution in [1.82, 2.24) is 4.90 Å². The number of hydrogen-bond acceptors (Lipinski definition) is 3. The number of allylic oxidation sites excluding steroid dienone is 1. The summed E-state index contributed by atoms with van der Waals surface area (Å²) in [4.78, 5) is 16.8. The molecule has 0 aromatic heterocycles. The first-order valence-electron chi connectivity index (χ1n) is 16.3. The summed E-state index contributed by atoms with van der Waals surface area (Å²) >= 11 is 1.68. The van der Waals surface area contributed by atoms with E-state index < -0.39 is 5.60 Å². The van der Waals surface area contributed by atoms with Gasteiger partial charge in [0, 0.05) is 16.4 Å². The Hall–Kier alpha value is -3.76. The Morgan fingerprint density at radius 3 is 2.17 bits per heavy atom. The van der Waals surface area contributed by atoms with Gasteiger partial charge in [-0.3, -0.25) is 0 Å². The van der Waals surface area contributed by atoms with Gasteiger partial charge in [0.05, 0.1) is 6.54 Å². The van der Waals surface area contributed by atoms with E-state index in [1.54, 1.807) is 16.7 Å². The lowest BCUT2D eigenvalue weighted by Crippen LogP contribution is -2.40. The fourth-order valence-electron chi connectivity index (χ4n) is 6.33. The van der Waals surface area contributed by atoms with E-state index in [0.717, 1.165) is 34.4 Å². The molecule has 4 heteroatoms. The molecule has 0 fully saturated rings. The van der Waals surface area contributed by atoms with Crippen molar-refractivity contribution in [2.24, 2.45) is 0 Å². The maximum atomic E-state index is 12.8. The highest BCUT2D eigenvalue weighted by atomic mass is 32.2. The Bertz CT molecular complexity index is 1690. The maximum Gasteiger partial charge on any atom is 0.410 e. The smallest absolute Gasteiger partial charge is 0.410 e. The average Bonchev–Trinajstić information content (AvgIpc) is 2.98. The molecule has 0 aliphatic carbocycles. The van der Waals surface area contributed by atoms with E-state index >= 15 is 0 Å². The Labute approximate surface area is 282 Å². The second-order valence-electron chi connectivity index (χ2n) is 13.9. The van der Waals surface area contributed by atoms with E-state index in [9.17, 15) is 4.79 Å². The Morgan fingerprint density at radius 2 is 1.59 bits per heavy atom. The number of nitrogens with zero attached hydrogens (tertiary/aromatic N) is 1. The van der Waals surface area contributed by atoms with Crippen LogP contribution < -0.4 is 0 Å². The molecule has 0 atom stereocenters. The molecule has 3 nitrogen and oxygen atoms in total. The van der Waals surface area contributed by atoms with Gasteiger partial charge in [-0.2, -0.15) is 0 Å². The minimum Gasteiger partial charge on any atom is -0.444 e. The molecule has 46 heavy (non-hydrogen) atoms. The molecule has 0 saturated carbocycles. The topological polar surface area (TPSA) is 29.5 Å². The highest BCUT2D eigenvalue weighted by Gasteiger charge is 2.27. The first-order chi connectivity index (χ1) is 21.6. The van der Waals surface area contributed by atoms with Crippen LogP contribution in [0.4, 0.5) is 4.79 Å². The van der Waals surface area contributed by atoms with Gasteiger partial charge in [0.1, 0.15) is 5.60 Å². The summed E-state index contributed by atoms with van der Waals surface area (Å²) in [6, 6.07) is 17.6. The van der Waals surface area contributed by atoms with Crippen LogP contribution in [-0.2, 0) is 11.2 Å². The van der Waals surface area contributed by atoms with Crippen molar-refractivity contribution in [2.75, 3.05) is 13.1 Å². The molecule has 4 rings (SSSR count). The van der Waals surface area contributed by atoms with Crippen LogP contribution >= 0.6 is 11.8 Å². The van der Waals surface area contributed by atoms with E-state index in [1.165, 1.54) is 55.0 Å². The van der Waals surface area contributed by atoms with E-state index in [-0.39, 0.29) is 6.09 Å². The zero-order valence-electron chi connectivity index (χ0n) is 29.4. The van der Waals surface area contributed by atoms with Crippen LogP contribution in [0.2, 0.25) is 0 Å². The number of hydrogen-bond donors (Lipinski definition) is 0. The number of carbonyl (C=O) groups is 1. The van der Waals surface area contributed by atoms with Gasteiger partial charge < -0.3 is 9.64 Å². The summed E-state index contributed by atoms with van der Waals surface area (Å²) in [6.45, 7) is 33.3. The molecule has 1 aliphatic rings. The molecule has 0 spiro atoms. The van der Waals surface area contributed by atoms with Crippen LogP contribution in [0.5, 0.6) is 0 Å². The predicted molar refractivity (Wildman–Crippen MR) is 201 cm³/mol. The van der Waals surface area contributed by atoms with Gasteiger partial charge in [-0.15, -0.1) is 0 Å². The second kappa shape index (κ2) is 14.3. The summed E-state index contributed by atoms with van der Waals surface area (Å²) in [5.41, 5.74) is 14.3. The first-order valence-corrected chi connectivity index (χ1v) is 17.1. The number of amides is 1. The molecule has 0 saturated heterocycles. The number of ether oxygens (including phenoxy) is 1. The Morgan fingerprint density at radius 1 is 0.978 bits per heavy atom. The Kier molecular flexibility index (Phi) is 10.9. The van der Waals surface area contributed by atoms with Gasteiger partial charge in [-0.1, -0.05) is 106 Å². The van der Waals surface area contributed by atoms with Crippen LogP contribution in [0.15, 0.2) is 78.7 Å². The van der Waals surface area contributed by atoms with Crippen LogP contribution in [0.3, 0.4) is 0 Å². The van der Waals surface area contributed by atoms with Crippen LogP contribution in [0, 0.1) is 20.8 Å². The van der Waals surface area contributed by atoms with Crippen molar-refractivity contribution in [3.63, 3.8) is 0 Å². The third-order valence-corrected chi connectivity index (χ3v) is 9.99. The summed E-state index contributed by atoms with van der Waals surface area (Å²) in [5.74, 6) is 0.308. The number of benzene rings is 3. The maximum absolute atomic E-state index is 12.8. The standard InChI is InChI=1S/C42H51NO2S/c1-13-33-22-28(5)38(29(6)23-33)24-30(7)34-16-14-19-37(40(34)26(2)3)36-18-15-17-35(31(36)8)32(9)46-39-25-43(21-20-27(39)4)41(44)45-42(10,11)12/h13-19,22-23,26H,1,7,9,20-21,24-25H2,2-6,8,10-12H3.